The number of piperidine rings is 1. The molecule has 0 radical (unpaired) electrons. The van der Waals surface area contributed by atoms with Crippen LogP contribution in [0.3, 0.4) is 0 Å². The minimum absolute atomic E-state index is 0.130. The lowest BCUT2D eigenvalue weighted by Crippen LogP contribution is -2.43. The summed E-state index contributed by atoms with van der Waals surface area (Å²) in [6.07, 6.45) is 3.73. The Morgan fingerprint density at radius 1 is 1.36 bits per heavy atom. The highest BCUT2D eigenvalue weighted by molar-refractivity contribution is 5.95. The van der Waals surface area contributed by atoms with Crippen molar-refractivity contribution in [1.82, 2.24) is 4.90 Å². The van der Waals surface area contributed by atoms with Crippen molar-refractivity contribution in [3.05, 3.63) is 29.8 Å². The molecule has 2 atom stereocenters. The molecule has 1 N–H and O–H groups in total. The summed E-state index contributed by atoms with van der Waals surface area (Å²) in [5.74, 6) is 0.823. The maximum absolute atomic E-state index is 11.6. The van der Waals surface area contributed by atoms with Crippen LogP contribution in [0.5, 0.6) is 5.75 Å². The highest BCUT2D eigenvalue weighted by Gasteiger charge is 2.20. The van der Waals surface area contributed by atoms with Gasteiger partial charge in [-0.25, -0.2) is 0 Å². The number of aliphatic hydroxyl groups is 1. The normalized spacial score (nSPS) is 20.6. The molecule has 2 rings (SSSR count). The second kappa shape index (κ2) is 8.30. The van der Waals surface area contributed by atoms with Crippen molar-refractivity contribution in [3.63, 3.8) is 0 Å². The first-order valence-electron chi connectivity index (χ1n) is 8.28. The molecule has 0 spiro atoms. The molecule has 1 fully saturated rings. The van der Waals surface area contributed by atoms with Gasteiger partial charge in [-0.3, -0.25) is 9.69 Å². The minimum Gasteiger partial charge on any atom is -0.491 e. The number of nitrogens with zero attached hydrogens (tertiary/aromatic N) is 1. The summed E-state index contributed by atoms with van der Waals surface area (Å²) in [6, 6.07) is 7.68. The Balaban J connectivity index is 1.78. The first-order chi connectivity index (χ1) is 10.6. The van der Waals surface area contributed by atoms with E-state index in [0.29, 0.717) is 30.3 Å². The van der Waals surface area contributed by atoms with Crippen LogP contribution < -0.4 is 4.74 Å². The summed E-state index contributed by atoms with van der Waals surface area (Å²) < 4.78 is 5.62. The molecule has 0 aliphatic carbocycles. The predicted octanol–water partition coefficient (Wildman–Crippen LogP) is 2.89. The smallest absolute Gasteiger partial charge is 0.162 e. The average molecular weight is 305 g/mol. The van der Waals surface area contributed by atoms with Gasteiger partial charge in [-0.2, -0.15) is 0 Å². The largest absolute Gasteiger partial charge is 0.491 e. The van der Waals surface area contributed by atoms with Crippen LogP contribution in [0.4, 0.5) is 0 Å². The number of carbonyl (C=O) groups is 1. The van der Waals surface area contributed by atoms with E-state index in [0.717, 1.165) is 6.54 Å². The molecule has 4 heteroatoms. The van der Waals surface area contributed by atoms with Gasteiger partial charge in [-0.1, -0.05) is 13.3 Å². The average Bonchev–Trinajstić information content (AvgIpc) is 2.55. The van der Waals surface area contributed by atoms with Gasteiger partial charge in [0.1, 0.15) is 18.5 Å². The SMILES string of the molecule is CCC(=O)c1ccc(OC[C@H](O)CN2CCCC[C@H]2C)cc1. The van der Waals surface area contributed by atoms with E-state index in [4.69, 9.17) is 4.74 Å². The van der Waals surface area contributed by atoms with Crippen LogP contribution in [0.15, 0.2) is 24.3 Å². The zero-order valence-electron chi connectivity index (χ0n) is 13.6. The highest BCUT2D eigenvalue weighted by atomic mass is 16.5. The van der Waals surface area contributed by atoms with Gasteiger partial charge >= 0.3 is 0 Å². The van der Waals surface area contributed by atoms with Crippen molar-refractivity contribution in [2.24, 2.45) is 0 Å². The summed E-state index contributed by atoms with van der Waals surface area (Å²) in [5, 5.41) is 10.1. The van der Waals surface area contributed by atoms with E-state index in [1.54, 1.807) is 24.3 Å². The van der Waals surface area contributed by atoms with Gasteiger partial charge in [-0.15, -0.1) is 0 Å². The lowest BCUT2D eigenvalue weighted by Gasteiger charge is -2.34. The summed E-state index contributed by atoms with van der Waals surface area (Å²) in [5.41, 5.74) is 0.706. The summed E-state index contributed by atoms with van der Waals surface area (Å²) in [6.45, 7) is 6.07. The van der Waals surface area contributed by atoms with Crippen molar-refractivity contribution in [1.29, 1.82) is 0 Å². The summed E-state index contributed by atoms with van der Waals surface area (Å²) in [4.78, 5) is 13.9. The zero-order chi connectivity index (χ0) is 15.9. The summed E-state index contributed by atoms with van der Waals surface area (Å²) in [7, 11) is 0. The van der Waals surface area contributed by atoms with Gasteiger partial charge in [0, 0.05) is 24.6 Å². The van der Waals surface area contributed by atoms with Crippen molar-refractivity contribution < 1.29 is 14.6 Å². The quantitative estimate of drug-likeness (QED) is 0.787. The highest BCUT2D eigenvalue weighted by Crippen LogP contribution is 2.17. The molecule has 1 aromatic carbocycles. The van der Waals surface area contributed by atoms with Crippen LogP contribution in [0, 0.1) is 0 Å². The molecule has 1 saturated heterocycles. The molecule has 0 saturated carbocycles. The molecular formula is C18H27NO3. The van der Waals surface area contributed by atoms with E-state index >= 15 is 0 Å². The molecule has 1 aliphatic heterocycles. The number of aliphatic hydroxyl groups excluding tert-OH is 1. The number of hydrogen-bond acceptors (Lipinski definition) is 4. The number of rotatable bonds is 7. The second-order valence-electron chi connectivity index (χ2n) is 6.11. The molecule has 22 heavy (non-hydrogen) atoms. The van der Waals surface area contributed by atoms with Crippen LogP contribution in [0.1, 0.15) is 49.9 Å². The van der Waals surface area contributed by atoms with Crippen molar-refractivity contribution in [2.45, 2.75) is 51.7 Å². The Bertz CT molecular complexity index is 472. The fraction of sp³-hybridized carbons (Fsp3) is 0.611. The molecule has 0 amide bonds. The lowest BCUT2D eigenvalue weighted by atomic mass is 10.0. The van der Waals surface area contributed by atoms with Crippen LogP contribution in [-0.4, -0.2) is 47.6 Å². The Morgan fingerprint density at radius 3 is 2.73 bits per heavy atom. The maximum Gasteiger partial charge on any atom is 0.162 e. The number of β-amino-alcohol motifs (C(OH)–C–C–N with tert-alkyl or cyclic N) is 1. The predicted molar refractivity (Wildman–Crippen MR) is 87.5 cm³/mol. The molecule has 0 aromatic heterocycles. The van der Waals surface area contributed by atoms with Gasteiger partial charge in [0.05, 0.1) is 0 Å². The van der Waals surface area contributed by atoms with E-state index < -0.39 is 6.10 Å². The van der Waals surface area contributed by atoms with Crippen LogP contribution in [-0.2, 0) is 0 Å². The van der Waals surface area contributed by atoms with Gasteiger partial charge in [0.15, 0.2) is 5.78 Å². The van der Waals surface area contributed by atoms with E-state index in [9.17, 15) is 9.90 Å². The van der Waals surface area contributed by atoms with Gasteiger partial charge < -0.3 is 9.84 Å². The first kappa shape index (κ1) is 17.0. The van der Waals surface area contributed by atoms with Crippen LogP contribution >= 0.6 is 0 Å². The third-order valence-corrected chi connectivity index (χ3v) is 4.33. The lowest BCUT2D eigenvalue weighted by molar-refractivity contribution is 0.0438. The van der Waals surface area contributed by atoms with Crippen molar-refractivity contribution in [2.75, 3.05) is 19.7 Å². The third-order valence-electron chi connectivity index (χ3n) is 4.33. The standard InChI is InChI=1S/C18H27NO3/c1-3-18(21)15-7-9-17(10-8-15)22-13-16(20)12-19-11-5-4-6-14(19)2/h7-10,14,16,20H,3-6,11-13H2,1-2H3/t14-,16-/m1/s1. The first-order valence-corrected chi connectivity index (χ1v) is 8.28. The number of hydrogen-bond donors (Lipinski definition) is 1. The molecule has 0 unspecified atom stereocenters. The van der Waals surface area contributed by atoms with Gasteiger partial charge in [-0.05, 0) is 50.6 Å². The zero-order valence-corrected chi connectivity index (χ0v) is 13.6. The van der Waals surface area contributed by atoms with E-state index in [1.807, 2.05) is 6.92 Å². The Morgan fingerprint density at radius 2 is 2.09 bits per heavy atom. The second-order valence-corrected chi connectivity index (χ2v) is 6.11. The molecule has 122 valence electrons. The van der Waals surface area contributed by atoms with Gasteiger partial charge in [0.25, 0.3) is 0 Å². The Kier molecular flexibility index (Phi) is 6.40. The summed E-state index contributed by atoms with van der Waals surface area (Å²) >= 11 is 0. The van der Waals surface area contributed by atoms with E-state index in [-0.39, 0.29) is 12.4 Å². The maximum atomic E-state index is 11.6. The minimum atomic E-state index is -0.488. The topological polar surface area (TPSA) is 49.8 Å². The molecule has 4 nitrogen and oxygen atoms in total. The molecule has 1 aromatic rings. The fourth-order valence-electron chi connectivity index (χ4n) is 2.89. The fourth-order valence-corrected chi connectivity index (χ4v) is 2.89. The number of benzene rings is 1. The van der Waals surface area contributed by atoms with Gasteiger partial charge in [0.2, 0.25) is 0 Å². The number of ketones is 1. The number of ether oxygens (including phenoxy) is 1. The molecule has 1 heterocycles. The molecular weight excluding hydrogens is 278 g/mol. The molecule has 1 aliphatic rings. The Hall–Kier alpha value is -1.39. The van der Waals surface area contributed by atoms with Crippen molar-refractivity contribution in [3.8, 4) is 5.75 Å². The number of carbonyl (C=O) groups excluding carboxylic acids is 1. The van der Waals surface area contributed by atoms with E-state index in [2.05, 4.69) is 11.8 Å². The number of likely N-dealkylation sites (tertiary alicyclic amines) is 1. The van der Waals surface area contributed by atoms with Crippen LogP contribution in [0.25, 0.3) is 0 Å². The van der Waals surface area contributed by atoms with Crippen LogP contribution in [0.2, 0.25) is 0 Å². The van der Waals surface area contributed by atoms with E-state index in [1.165, 1.54) is 19.3 Å². The Labute approximate surface area is 133 Å². The monoisotopic (exact) mass is 305 g/mol. The molecule has 0 bridgehead atoms. The number of Topliss-reactive ketones (excluding diaryl/α,β-unsaturated/α-hetero) is 1. The third kappa shape index (κ3) is 4.82. The van der Waals surface area contributed by atoms with Crippen molar-refractivity contribution >= 4 is 5.78 Å².